The van der Waals surface area contributed by atoms with Crippen molar-refractivity contribution in [3.05, 3.63) is 124 Å². The van der Waals surface area contributed by atoms with Gasteiger partial charge < -0.3 is 4.18 Å². The van der Waals surface area contributed by atoms with E-state index >= 15 is 0 Å². The third-order valence-electron chi connectivity index (χ3n) is 6.08. The number of sulfonamides is 1. The summed E-state index contributed by atoms with van der Waals surface area (Å²) >= 11 is 3.35. The van der Waals surface area contributed by atoms with E-state index in [0.29, 0.717) is 5.56 Å². The fourth-order valence-electron chi connectivity index (χ4n) is 3.75. The molecule has 4 aromatic rings. The number of nitrogens with zero attached hydrogens (tertiary/aromatic N) is 1. The monoisotopic (exact) mass is 669 g/mol. The molecule has 0 bridgehead atoms. The van der Waals surface area contributed by atoms with Crippen molar-refractivity contribution in [1.29, 1.82) is 0 Å². The summed E-state index contributed by atoms with van der Waals surface area (Å²) in [6.07, 6.45) is 1.40. The second-order valence-electron chi connectivity index (χ2n) is 9.47. The van der Waals surface area contributed by atoms with Gasteiger partial charge in [0.25, 0.3) is 5.91 Å². The lowest BCUT2D eigenvalue weighted by molar-refractivity contribution is -0.122. The summed E-state index contributed by atoms with van der Waals surface area (Å²) in [5.74, 6) is -0.610. The van der Waals surface area contributed by atoms with Crippen LogP contribution in [0.2, 0.25) is 0 Å². The summed E-state index contributed by atoms with van der Waals surface area (Å²) in [7, 11) is -8.11. The first-order valence-corrected chi connectivity index (χ1v) is 16.4. The van der Waals surface area contributed by atoms with Crippen molar-refractivity contribution in [1.82, 2.24) is 10.1 Å². The third-order valence-corrected chi connectivity index (χ3v) is 9.36. The smallest absolute Gasteiger partial charge is 0.339 e. The molecule has 0 saturated carbocycles. The fraction of sp³-hybridized carbons (Fsp3) is 0.133. The van der Waals surface area contributed by atoms with Gasteiger partial charge in [-0.1, -0.05) is 75.6 Å². The molecule has 42 heavy (non-hydrogen) atoms. The molecular formula is C30H28BrN3O6S2. The number of carbonyl (C=O) groups is 1. The van der Waals surface area contributed by atoms with Crippen LogP contribution in [0.4, 0.5) is 0 Å². The van der Waals surface area contributed by atoms with Gasteiger partial charge in [0.15, 0.2) is 0 Å². The quantitative estimate of drug-likeness (QED) is 0.133. The number of carbonyl (C=O) groups excluding carboxylic acids is 1. The summed E-state index contributed by atoms with van der Waals surface area (Å²) < 4.78 is 60.1. The van der Waals surface area contributed by atoms with E-state index in [0.717, 1.165) is 21.2 Å². The van der Waals surface area contributed by atoms with Crippen LogP contribution < -0.4 is 14.3 Å². The lowest BCUT2D eigenvalue weighted by atomic mass is 10.1. The van der Waals surface area contributed by atoms with Gasteiger partial charge in [0.1, 0.15) is 16.7 Å². The molecule has 12 heteroatoms. The lowest BCUT2D eigenvalue weighted by Gasteiger charge is -2.18. The van der Waals surface area contributed by atoms with Crippen LogP contribution in [-0.4, -0.2) is 35.0 Å². The molecule has 1 amide bonds. The topological polar surface area (TPSA) is 131 Å². The molecule has 0 radical (unpaired) electrons. The van der Waals surface area contributed by atoms with Gasteiger partial charge in [0, 0.05) is 4.47 Å². The molecule has 1 unspecified atom stereocenters. The Morgan fingerprint density at radius 3 is 1.93 bits per heavy atom. The molecule has 0 aliphatic heterocycles. The van der Waals surface area contributed by atoms with Crippen LogP contribution >= 0.6 is 15.9 Å². The van der Waals surface area contributed by atoms with E-state index in [1.807, 2.05) is 26.0 Å². The van der Waals surface area contributed by atoms with Crippen LogP contribution in [0, 0.1) is 13.8 Å². The highest BCUT2D eigenvalue weighted by atomic mass is 79.9. The van der Waals surface area contributed by atoms with Gasteiger partial charge in [-0.2, -0.15) is 18.2 Å². The van der Waals surface area contributed by atoms with Gasteiger partial charge in [0.05, 0.1) is 11.1 Å². The molecule has 1 atom stereocenters. The first-order valence-electron chi connectivity index (χ1n) is 12.7. The summed E-state index contributed by atoms with van der Waals surface area (Å²) in [5, 5.41) is 3.98. The number of amides is 1. The van der Waals surface area contributed by atoms with Gasteiger partial charge in [-0.3, -0.25) is 4.79 Å². The van der Waals surface area contributed by atoms with Gasteiger partial charge >= 0.3 is 10.1 Å². The third kappa shape index (κ3) is 8.58. The normalized spacial score (nSPS) is 12.6. The number of nitrogens with one attached hydrogen (secondary N) is 2. The summed E-state index contributed by atoms with van der Waals surface area (Å²) in [6.45, 7) is 3.68. The van der Waals surface area contributed by atoms with Crippen molar-refractivity contribution in [2.45, 2.75) is 36.1 Å². The molecule has 0 spiro atoms. The molecule has 0 saturated heterocycles. The Balaban J connectivity index is 1.51. The highest BCUT2D eigenvalue weighted by Gasteiger charge is 2.26. The van der Waals surface area contributed by atoms with Gasteiger partial charge in [-0.15, -0.1) is 0 Å². The largest absolute Gasteiger partial charge is 0.379 e. The molecule has 4 rings (SSSR count). The predicted octanol–water partition coefficient (Wildman–Crippen LogP) is 4.87. The number of benzene rings is 4. The zero-order valence-electron chi connectivity index (χ0n) is 22.7. The van der Waals surface area contributed by atoms with Crippen molar-refractivity contribution < 1.29 is 25.8 Å². The Bertz CT molecular complexity index is 1770. The van der Waals surface area contributed by atoms with E-state index in [1.165, 1.54) is 42.6 Å². The van der Waals surface area contributed by atoms with Gasteiger partial charge in [-0.05, 0) is 79.9 Å². The molecule has 218 valence electrons. The Hall–Kier alpha value is -3.84. The van der Waals surface area contributed by atoms with Crippen molar-refractivity contribution >= 4 is 48.2 Å². The van der Waals surface area contributed by atoms with E-state index in [1.54, 1.807) is 48.5 Å². The molecule has 4 aromatic carbocycles. The fourth-order valence-corrected chi connectivity index (χ4v) is 6.14. The molecule has 0 aliphatic rings. The van der Waals surface area contributed by atoms with E-state index in [-0.39, 0.29) is 22.0 Å². The Labute approximate surface area is 253 Å². The highest BCUT2D eigenvalue weighted by molar-refractivity contribution is 9.10. The molecule has 2 N–H and O–H groups in total. The molecule has 0 fully saturated rings. The minimum absolute atomic E-state index is 0.00863. The van der Waals surface area contributed by atoms with Crippen molar-refractivity contribution in [2.75, 3.05) is 0 Å². The van der Waals surface area contributed by atoms with Crippen molar-refractivity contribution in [3.63, 3.8) is 0 Å². The first kappa shape index (κ1) is 31.1. The Kier molecular flexibility index (Phi) is 9.94. The van der Waals surface area contributed by atoms with Gasteiger partial charge in [-0.25, -0.2) is 13.8 Å². The molecule has 0 heterocycles. The predicted molar refractivity (Wildman–Crippen MR) is 164 cm³/mol. The Morgan fingerprint density at radius 2 is 1.36 bits per heavy atom. The standard InChI is InChI=1S/C30H28BrN3O6S2/c1-21-3-15-27(16-4-21)41(36,37)34-29(30(35)33-32-20-24-7-11-25(31)12-8-24)19-23-9-13-26(14-10-23)40-42(38,39)28-17-5-22(2)6-18-28/h3-18,20,29,34H,19H2,1-2H3,(H,33,35). The lowest BCUT2D eigenvalue weighted by Crippen LogP contribution is -2.46. The van der Waals surface area contributed by atoms with E-state index in [4.69, 9.17) is 4.18 Å². The van der Waals surface area contributed by atoms with Gasteiger partial charge in [0.2, 0.25) is 10.0 Å². The zero-order chi connectivity index (χ0) is 30.3. The summed E-state index contributed by atoms with van der Waals surface area (Å²) in [4.78, 5) is 13.2. The van der Waals surface area contributed by atoms with Crippen molar-refractivity contribution in [3.8, 4) is 5.75 Å². The van der Waals surface area contributed by atoms with Crippen LogP contribution in [0.3, 0.4) is 0 Å². The minimum Gasteiger partial charge on any atom is -0.379 e. The maximum atomic E-state index is 13.1. The van der Waals surface area contributed by atoms with E-state index in [2.05, 4.69) is 31.2 Å². The summed E-state index contributed by atoms with van der Waals surface area (Å²) in [5.41, 5.74) is 5.48. The molecular weight excluding hydrogens is 642 g/mol. The summed E-state index contributed by atoms with van der Waals surface area (Å²) in [6, 6.07) is 24.5. The maximum absolute atomic E-state index is 13.1. The number of hydrogen-bond donors (Lipinski definition) is 2. The minimum atomic E-state index is -4.06. The second-order valence-corrected chi connectivity index (χ2v) is 13.6. The Morgan fingerprint density at radius 1 is 0.810 bits per heavy atom. The van der Waals surface area contributed by atoms with Crippen LogP contribution in [0.25, 0.3) is 0 Å². The molecule has 0 aromatic heterocycles. The first-order chi connectivity index (χ1) is 19.9. The number of hydrazone groups is 1. The van der Waals surface area contributed by atoms with Crippen LogP contribution in [0.1, 0.15) is 22.3 Å². The van der Waals surface area contributed by atoms with Crippen LogP contribution in [-0.2, 0) is 31.4 Å². The van der Waals surface area contributed by atoms with Crippen molar-refractivity contribution in [2.24, 2.45) is 5.10 Å². The van der Waals surface area contributed by atoms with Crippen LogP contribution in [0.5, 0.6) is 5.75 Å². The zero-order valence-corrected chi connectivity index (χ0v) is 25.9. The maximum Gasteiger partial charge on any atom is 0.339 e. The van der Waals surface area contributed by atoms with E-state index in [9.17, 15) is 21.6 Å². The molecule has 9 nitrogen and oxygen atoms in total. The van der Waals surface area contributed by atoms with Crippen LogP contribution in [0.15, 0.2) is 116 Å². The highest BCUT2D eigenvalue weighted by Crippen LogP contribution is 2.21. The number of rotatable bonds is 11. The average Bonchev–Trinajstić information content (AvgIpc) is 2.95. The SMILES string of the molecule is Cc1ccc(S(=O)(=O)NC(Cc2ccc(OS(=O)(=O)c3ccc(C)cc3)cc2)C(=O)NN=Cc2ccc(Br)cc2)cc1. The average molecular weight is 671 g/mol. The molecule has 0 aliphatic carbocycles. The number of aryl methyl sites for hydroxylation is 2. The second kappa shape index (κ2) is 13.4. The van der Waals surface area contributed by atoms with E-state index < -0.39 is 32.1 Å². The number of halogens is 1. The number of hydrogen-bond acceptors (Lipinski definition) is 7.